The van der Waals surface area contributed by atoms with E-state index >= 15 is 0 Å². The van der Waals surface area contributed by atoms with Crippen LogP contribution in [0.3, 0.4) is 0 Å². The van der Waals surface area contributed by atoms with Gasteiger partial charge in [0.05, 0.1) is 0 Å². The van der Waals surface area contributed by atoms with Crippen LogP contribution in [0, 0.1) is 11.8 Å². The minimum Gasteiger partial charge on any atom is -0.339 e. The molecule has 148 valence electrons. The third-order valence-electron chi connectivity index (χ3n) is 7.05. The molecule has 2 aliphatic rings. The smallest absolute Gasteiger partial charge is 0.229 e. The van der Waals surface area contributed by atoms with E-state index in [9.17, 15) is 0 Å². The van der Waals surface area contributed by atoms with Gasteiger partial charge in [-0.1, -0.05) is 63.9 Å². The molecule has 0 atom stereocenters. The predicted molar refractivity (Wildman–Crippen MR) is 107 cm³/mol. The molecule has 3 rings (SSSR count). The lowest BCUT2D eigenvalue weighted by atomic mass is 9.79. The van der Waals surface area contributed by atoms with Crippen molar-refractivity contribution in [2.24, 2.45) is 11.8 Å². The monoisotopic (exact) mass is 360 g/mol. The average Bonchev–Trinajstić information content (AvgIpc) is 3.18. The molecule has 0 spiro atoms. The summed E-state index contributed by atoms with van der Waals surface area (Å²) in [5.41, 5.74) is 0. The van der Waals surface area contributed by atoms with Crippen molar-refractivity contribution in [3.8, 4) is 0 Å². The highest BCUT2D eigenvalue weighted by Gasteiger charge is 2.29. The summed E-state index contributed by atoms with van der Waals surface area (Å²) in [6, 6.07) is 0. The average molecular weight is 361 g/mol. The summed E-state index contributed by atoms with van der Waals surface area (Å²) < 4.78 is 5.72. The van der Waals surface area contributed by atoms with Crippen LogP contribution in [0.1, 0.15) is 134 Å². The first-order valence-electron chi connectivity index (χ1n) is 11.6. The summed E-state index contributed by atoms with van der Waals surface area (Å²) in [7, 11) is 0. The summed E-state index contributed by atoms with van der Waals surface area (Å²) in [6.07, 6.45) is 20.2. The molecule has 0 aliphatic heterocycles. The second-order valence-electron chi connectivity index (χ2n) is 9.06. The highest BCUT2D eigenvalue weighted by atomic mass is 16.5. The maximum absolute atomic E-state index is 5.72. The molecule has 0 radical (unpaired) electrons. The Morgan fingerprint density at radius 3 is 1.92 bits per heavy atom. The fourth-order valence-corrected chi connectivity index (χ4v) is 5.16. The molecule has 2 saturated carbocycles. The van der Waals surface area contributed by atoms with Crippen molar-refractivity contribution in [3.63, 3.8) is 0 Å². The van der Waals surface area contributed by atoms with Crippen LogP contribution in [0.15, 0.2) is 4.52 Å². The molecule has 2 fully saturated rings. The van der Waals surface area contributed by atoms with Gasteiger partial charge in [0.2, 0.25) is 5.89 Å². The van der Waals surface area contributed by atoms with Crippen LogP contribution in [0.5, 0.6) is 0 Å². The van der Waals surface area contributed by atoms with Gasteiger partial charge in [-0.2, -0.15) is 4.98 Å². The van der Waals surface area contributed by atoms with Gasteiger partial charge in [0.1, 0.15) is 0 Å². The Bertz CT molecular complexity index is 496. The zero-order valence-electron chi connectivity index (χ0n) is 17.2. The molecule has 26 heavy (non-hydrogen) atoms. The SMILES string of the molecule is CCCCCC1CCC(c2nc(C3CCC(CCCC)CC3)no2)CC1. The van der Waals surface area contributed by atoms with E-state index in [1.165, 1.54) is 96.3 Å². The number of rotatable bonds is 9. The Morgan fingerprint density at radius 1 is 0.731 bits per heavy atom. The topological polar surface area (TPSA) is 38.9 Å². The zero-order chi connectivity index (χ0) is 18.2. The van der Waals surface area contributed by atoms with Crippen LogP contribution in [0.4, 0.5) is 0 Å². The van der Waals surface area contributed by atoms with Gasteiger partial charge >= 0.3 is 0 Å². The Kier molecular flexibility index (Phi) is 8.01. The summed E-state index contributed by atoms with van der Waals surface area (Å²) in [6.45, 7) is 4.59. The van der Waals surface area contributed by atoms with E-state index in [1.54, 1.807) is 0 Å². The van der Waals surface area contributed by atoms with Gasteiger partial charge in [0.15, 0.2) is 5.82 Å². The molecule has 0 saturated heterocycles. The molecule has 3 nitrogen and oxygen atoms in total. The number of unbranched alkanes of at least 4 members (excludes halogenated alkanes) is 3. The lowest BCUT2D eigenvalue weighted by Gasteiger charge is -2.27. The number of hydrogen-bond donors (Lipinski definition) is 0. The van der Waals surface area contributed by atoms with Gasteiger partial charge in [0.25, 0.3) is 0 Å². The minimum atomic E-state index is 0.527. The van der Waals surface area contributed by atoms with Gasteiger partial charge < -0.3 is 4.52 Å². The molecule has 1 aromatic heterocycles. The quantitative estimate of drug-likeness (QED) is 0.431. The molecular weight excluding hydrogens is 320 g/mol. The summed E-state index contributed by atoms with van der Waals surface area (Å²) in [5.74, 6) is 4.92. The van der Waals surface area contributed by atoms with Crippen molar-refractivity contribution in [1.29, 1.82) is 0 Å². The maximum Gasteiger partial charge on any atom is 0.229 e. The molecule has 3 heteroatoms. The zero-order valence-corrected chi connectivity index (χ0v) is 17.2. The molecule has 0 bridgehead atoms. The third-order valence-corrected chi connectivity index (χ3v) is 7.05. The standard InChI is InChI=1S/C23H40N2O/c1-3-5-7-9-19-12-16-21(17-13-19)23-24-22(25-26-23)20-14-10-18(11-15-20)8-6-4-2/h18-21H,3-17H2,1-2H3. The van der Waals surface area contributed by atoms with Crippen molar-refractivity contribution in [1.82, 2.24) is 10.1 Å². The first kappa shape index (κ1) is 19.9. The highest BCUT2D eigenvalue weighted by molar-refractivity contribution is 5.02. The van der Waals surface area contributed by atoms with Crippen LogP contribution >= 0.6 is 0 Å². The van der Waals surface area contributed by atoms with E-state index in [2.05, 4.69) is 19.0 Å². The molecule has 0 amide bonds. The summed E-state index contributed by atoms with van der Waals surface area (Å²) >= 11 is 0. The van der Waals surface area contributed by atoms with Gasteiger partial charge in [-0.05, 0) is 63.2 Å². The molecule has 2 aliphatic carbocycles. The molecule has 1 heterocycles. The van der Waals surface area contributed by atoms with E-state index < -0.39 is 0 Å². The van der Waals surface area contributed by atoms with E-state index in [0.29, 0.717) is 11.8 Å². The van der Waals surface area contributed by atoms with Gasteiger partial charge in [-0.25, -0.2) is 0 Å². The molecule has 0 unspecified atom stereocenters. The molecule has 0 aromatic carbocycles. The summed E-state index contributed by atoms with van der Waals surface area (Å²) in [5, 5.41) is 4.40. The van der Waals surface area contributed by atoms with Crippen LogP contribution in [-0.2, 0) is 0 Å². The first-order chi connectivity index (χ1) is 12.8. The fraction of sp³-hybridized carbons (Fsp3) is 0.913. The summed E-state index contributed by atoms with van der Waals surface area (Å²) in [4.78, 5) is 4.87. The Labute approximate surface area is 160 Å². The van der Waals surface area contributed by atoms with Crippen LogP contribution in [-0.4, -0.2) is 10.1 Å². The molecular formula is C23H40N2O. The Morgan fingerprint density at radius 2 is 1.31 bits per heavy atom. The van der Waals surface area contributed by atoms with Crippen molar-refractivity contribution in [3.05, 3.63) is 11.7 Å². The lowest BCUT2D eigenvalue weighted by Crippen LogP contribution is -2.15. The first-order valence-corrected chi connectivity index (χ1v) is 11.6. The Hall–Kier alpha value is -0.860. The normalized spacial score (nSPS) is 29.8. The Balaban J connectivity index is 1.43. The largest absolute Gasteiger partial charge is 0.339 e. The predicted octanol–water partition coefficient (Wildman–Crippen LogP) is 7.39. The van der Waals surface area contributed by atoms with Crippen molar-refractivity contribution in [2.75, 3.05) is 0 Å². The number of hydrogen-bond acceptors (Lipinski definition) is 3. The second kappa shape index (κ2) is 10.5. The van der Waals surface area contributed by atoms with E-state index in [0.717, 1.165) is 23.6 Å². The second-order valence-corrected chi connectivity index (χ2v) is 9.06. The van der Waals surface area contributed by atoms with E-state index in [4.69, 9.17) is 9.51 Å². The van der Waals surface area contributed by atoms with Gasteiger partial charge in [0, 0.05) is 11.8 Å². The number of aromatic nitrogens is 2. The van der Waals surface area contributed by atoms with Crippen LogP contribution < -0.4 is 0 Å². The minimum absolute atomic E-state index is 0.527. The third kappa shape index (κ3) is 5.57. The van der Waals surface area contributed by atoms with Gasteiger partial charge in [-0.15, -0.1) is 0 Å². The highest BCUT2D eigenvalue weighted by Crippen LogP contribution is 2.40. The fourth-order valence-electron chi connectivity index (χ4n) is 5.16. The van der Waals surface area contributed by atoms with E-state index in [1.807, 2.05) is 0 Å². The lowest BCUT2D eigenvalue weighted by molar-refractivity contribution is 0.257. The van der Waals surface area contributed by atoms with Crippen molar-refractivity contribution in [2.45, 2.75) is 122 Å². The molecule has 1 aromatic rings. The number of nitrogens with zero attached hydrogens (tertiary/aromatic N) is 2. The van der Waals surface area contributed by atoms with Gasteiger partial charge in [-0.3, -0.25) is 0 Å². The maximum atomic E-state index is 5.72. The van der Waals surface area contributed by atoms with Crippen LogP contribution in [0.2, 0.25) is 0 Å². The molecule has 0 N–H and O–H groups in total. The van der Waals surface area contributed by atoms with E-state index in [-0.39, 0.29) is 0 Å². The van der Waals surface area contributed by atoms with Crippen LogP contribution in [0.25, 0.3) is 0 Å². The van der Waals surface area contributed by atoms with Crippen molar-refractivity contribution < 1.29 is 4.52 Å². The van der Waals surface area contributed by atoms with Crippen molar-refractivity contribution >= 4 is 0 Å².